The summed E-state index contributed by atoms with van der Waals surface area (Å²) in [4.78, 5) is 2.29. The Kier molecular flexibility index (Phi) is 1.57. The van der Waals surface area contributed by atoms with Crippen LogP contribution in [0.5, 0.6) is 0 Å². The van der Waals surface area contributed by atoms with Gasteiger partial charge in [-0.05, 0) is 18.4 Å². The van der Waals surface area contributed by atoms with Crippen LogP contribution in [-0.2, 0) is 0 Å². The predicted molar refractivity (Wildman–Crippen MR) is 57.0 cm³/mol. The Hall–Kier alpha value is -1.44. The second kappa shape index (κ2) is 2.77. The van der Waals surface area contributed by atoms with E-state index in [4.69, 9.17) is 5.73 Å². The van der Waals surface area contributed by atoms with E-state index in [1.807, 2.05) is 0 Å². The van der Waals surface area contributed by atoms with Gasteiger partial charge in [0.1, 0.15) is 0 Å². The van der Waals surface area contributed by atoms with Crippen LogP contribution in [-0.4, -0.2) is 11.4 Å². The van der Waals surface area contributed by atoms with Gasteiger partial charge in [-0.25, -0.2) is 0 Å². The van der Waals surface area contributed by atoms with Crippen molar-refractivity contribution in [1.82, 2.24) is 4.90 Å². The molecule has 14 heavy (non-hydrogen) atoms. The molecule has 0 saturated carbocycles. The minimum atomic E-state index is 0.616. The number of allylic oxidation sites excluding steroid dienone is 6. The molecule has 0 spiro atoms. The molecule has 0 bridgehead atoms. The van der Waals surface area contributed by atoms with E-state index in [-0.39, 0.29) is 0 Å². The quantitative estimate of drug-likeness (QED) is 0.626. The Morgan fingerprint density at radius 3 is 3.07 bits per heavy atom. The van der Waals surface area contributed by atoms with Crippen LogP contribution in [0.15, 0.2) is 47.5 Å². The van der Waals surface area contributed by atoms with Crippen LogP contribution in [0.25, 0.3) is 0 Å². The van der Waals surface area contributed by atoms with E-state index < -0.39 is 0 Å². The van der Waals surface area contributed by atoms with Crippen molar-refractivity contribution in [2.24, 2.45) is 11.7 Å². The predicted octanol–water partition coefficient (Wildman–Crippen LogP) is 1.89. The molecule has 2 N–H and O–H groups in total. The van der Waals surface area contributed by atoms with Gasteiger partial charge < -0.3 is 10.6 Å². The molecule has 2 heteroatoms. The third-order valence-electron chi connectivity index (χ3n) is 3.11. The van der Waals surface area contributed by atoms with Crippen LogP contribution in [0.4, 0.5) is 0 Å². The normalized spacial score (nSPS) is 29.0. The molecule has 0 saturated heterocycles. The zero-order valence-electron chi connectivity index (χ0n) is 8.11. The molecule has 0 aromatic rings. The smallest absolute Gasteiger partial charge is 0.0407 e. The van der Waals surface area contributed by atoms with Crippen LogP contribution in [0.2, 0.25) is 0 Å². The summed E-state index contributed by atoms with van der Waals surface area (Å²) in [5.41, 5.74) is 9.79. The Morgan fingerprint density at radius 1 is 1.29 bits per heavy atom. The lowest BCUT2D eigenvalue weighted by atomic mass is 9.84. The van der Waals surface area contributed by atoms with E-state index >= 15 is 0 Å². The van der Waals surface area contributed by atoms with Crippen molar-refractivity contribution in [2.75, 3.05) is 6.54 Å². The van der Waals surface area contributed by atoms with Gasteiger partial charge in [0, 0.05) is 30.1 Å². The Bertz CT molecular complexity index is 381. The average molecular weight is 186 g/mol. The Morgan fingerprint density at radius 2 is 2.14 bits per heavy atom. The Balaban J connectivity index is 2.12. The average Bonchev–Trinajstić information content (AvgIpc) is 2.18. The summed E-state index contributed by atoms with van der Waals surface area (Å²) in [6.45, 7) is 0.976. The molecule has 1 unspecified atom stereocenters. The van der Waals surface area contributed by atoms with Gasteiger partial charge >= 0.3 is 0 Å². The van der Waals surface area contributed by atoms with Crippen molar-refractivity contribution in [3.63, 3.8) is 0 Å². The SMILES string of the molecule is NC1=CN2CC=CC3=C2C(CC=C3)C1. The zero-order valence-corrected chi connectivity index (χ0v) is 8.11. The fourth-order valence-electron chi connectivity index (χ4n) is 2.56. The second-order valence-electron chi connectivity index (χ2n) is 4.14. The van der Waals surface area contributed by atoms with Crippen LogP contribution < -0.4 is 5.73 Å². The van der Waals surface area contributed by atoms with Crippen molar-refractivity contribution < 1.29 is 0 Å². The molecule has 1 atom stereocenters. The van der Waals surface area contributed by atoms with E-state index in [1.54, 1.807) is 0 Å². The number of hydrogen-bond acceptors (Lipinski definition) is 2. The fourth-order valence-corrected chi connectivity index (χ4v) is 2.56. The summed E-state index contributed by atoms with van der Waals surface area (Å²) < 4.78 is 0. The van der Waals surface area contributed by atoms with Crippen LogP contribution in [0.3, 0.4) is 0 Å². The molecule has 2 aliphatic heterocycles. The zero-order chi connectivity index (χ0) is 9.54. The van der Waals surface area contributed by atoms with Gasteiger partial charge in [0.15, 0.2) is 0 Å². The maximum atomic E-state index is 5.93. The van der Waals surface area contributed by atoms with Gasteiger partial charge in [-0.1, -0.05) is 24.3 Å². The number of nitrogens with zero attached hydrogens (tertiary/aromatic N) is 1. The van der Waals surface area contributed by atoms with Crippen molar-refractivity contribution in [3.05, 3.63) is 47.5 Å². The van der Waals surface area contributed by atoms with Gasteiger partial charge in [-0.3, -0.25) is 0 Å². The first-order chi connectivity index (χ1) is 6.84. The van der Waals surface area contributed by atoms with Gasteiger partial charge in [0.2, 0.25) is 0 Å². The lowest BCUT2D eigenvalue weighted by Crippen LogP contribution is -2.33. The summed E-state index contributed by atoms with van der Waals surface area (Å²) in [7, 11) is 0. The molecule has 72 valence electrons. The minimum Gasteiger partial charge on any atom is -0.401 e. The molecule has 0 amide bonds. The summed E-state index contributed by atoms with van der Waals surface area (Å²) in [6, 6.07) is 0. The van der Waals surface area contributed by atoms with Crippen LogP contribution in [0, 0.1) is 5.92 Å². The van der Waals surface area contributed by atoms with Gasteiger partial charge in [0.05, 0.1) is 0 Å². The van der Waals surface area contributed by atoms with E-state index in [0.29, 0.717) is 5.92 Å². The third kappa shape index (κ3) is 1.03. The number of rotatable bonds is 0. The van der Waals surface area contributed by atoms with E-state index in [2.05, 4.69) is 35.4 Å². The second-order valence-corrected chi connectivity index (χ2v) is 4.14. The lowest BCUT2D eigenvalue weighted by Gasteiger charge is -2.38. The van der Waals surface area contributed by atoms with Gasteiger partial charge in [-0.2, -0.15) is 0 Å². The first kappa shape index (κ1) is 7.92. The maximum Gasteiger partial charge on any atom is 0.0407 e. The van der Waals surface area contributed by atoms with Crippen molar-refractivity contribution in [3.8, 4) is 0 Å². The lowest BCUT2D eigenvalue weighted by molar-refractivity contribution is 0.375. The van der Waals surface area contributed by atoms with Gasteiger partial charge in [0.25, 0.3) is 0 Å². The first-order valence-corrected chi connectivity index (χ1v) is 5.14. The summed E-state index contributed by atoms with van der Waals surface area (Å²) >= 11 is 0. The monoisotopic (exact) mass is 186 g/mol. The number of hydrogen-bond donors (Lipinski definition) is 1. The van der Waals surface area contributed by atoms with E-state index in [1.165, 1.54) is 11.3 Å². The first-order valence-electron chi connectivity index (χ1n) is 5.14. The molecule has 3 aliphatic rings. The molecule has 0 aromatic carbocycles. The molecule has 0 fully saturated rings. The largest absolute Gasteiger partial charge is 0.401 e. The van der Waals surface area contributed by atoms with E-state index in [9.17, 15) is 0 Å². The topological polar surface area (TPSA) is 29.3 Å². The summed E-state index contributed by atoms with van der Waals surface area (Å²) in [5, 5.41) is 0. The standard InChI is InChI=1S/C12H14N2/c13-11-7-10-4-1-3-9-5-2-6-14(8-11)12(9)10/h1-3,5,8,10H,4,6-7,13H2. The van der Waals surface area contributed by atoms with Crippen molar-refractivity contribution in [1.29, 1.82) is 0 Å². The highest BCUT2D eigenvalue weighted by molar-refractivity contribution is 5.44. The molecule has 1 aliphatic carbocycles. The third-order valence-corrected chi connectivity index (χ3v) is 3.11. The summed E-state index contributed by atoms with van der Waals surface area (Å²) in [5.74, 6) is 0.616. The fraction of sp³-hybridized carbons (Fsp3) is 0.333. The maximum absolute atomic E-state index is 5.93. The van der Waals surface area contributed by atoms with Gasteiger partial charge in [-0.15, -0.1) is 0 Å². The Labute approximate surface area is 84.1 Å². The van der Waals surface area contributed by atoms with Crippen LogP contribution in [0.1, 0.15) is 12.8 Å². The summed E-state index contributed by atoms with van der Waals surface area (Å²) in [6.07, 6.45) is 13.2. The highest BCUT2D eigenvalue weighted by Gasteiger charge is 2.28. The molecular weight excluding hydrogens is 172 g/mol. The molecule has 0 radical (unpaired) electrons. The minimum absolute atomic E-state index is 0.616. The van der Waals surface area contributed by atoms with Crippen molar-refractivity contribution >= 4 is 0 Å². The highest BCUT2D eigenvalue weighted by atomic mass is 15.1. The van der Waals surface area contributed by atoms with E-state index in [0.717, 1.165) is 25.1 Å². The molecule has 3 rings (SSSR count). The molecule has 0 aromatic heterocycles. The molecular formula is C12H14N2. The number of nitrogens with two attached hydrogens (primary N) is 1. The molecule has 2 heterocycles. The van der Waals surface area contributed by atoms with Crippen molar-refractivity contribution in [2.45, 2.75) is 12.8 Å². The van der Waals surface area contributed by atoms with Crippen LogP contribution >= 0.6 is 0 Å². The molecule has 2 nitrogen and oxygen atoms in total. The highest BCUT2D eigenvalue weighted by Crippen LogP contribution is 2.37.